The Morgan fingerprint density at radius 1 is 1.03 bits per heavy atom. The molecular formula is C21H18IN3O5. The normalized spacial score (nSPS) is 10.6. The summed E-state index contributed by atoms with van der Waals surface area (Å²) in [4.78, 5) is 36.3. The molecule has 0 atom stereocenters. The maximum absolute atomic E-state index is 12.5. The maximum Gasteiger partial charge on any atom is 0.339 e. The molecular weight excluding hydrogens is 501 g/mol. The fraction of sp³-hybridized carbons (Fsp3) is 0.143. The molecule has 0 radical (unpaired) electrons. The monoisotopic (exact) mass is 519 g/mol. The minimum atomic E-state index is -0.653. The average Bonchev–Trinajstić information content (AvgIpc) is 2.74. The van der Waals surface area contributed by atoms with Gasteiger partial charge >= 0.3 is 11.9 Å². The Morgan fingerprint density at radius 3 is 2.33 bits per heavy atom. The molecule has 0 spiro atoms. The first-order valence-electron chi connectivity index (χ1n) is 8.55. The minimum Gasteiger partial charge on any atom is -0.465 e. The van der Waals surface area contributed by atoms with Gasteiger partial charge in [-0.1, -0.05) is 0 Å². The zero-order chi connectivity index (χ0) is 22.3. The molecule has 30 heavy (non-hydrogen) atoms. The van der Waals surface area contributed by atoms with Gasteiger partial charge in [-0.05, 0) is 71.5 Å². The van der Waals surface area contributed by atoms with E-state index < -0.39 is 17.8 Å². The molecule has 1 amide bonds. The number of carbonyl (C=O) groups excluding carboxylic acids is 3. The van der Waals surface area contributed by atoms with E-state index in [0.29, 0.717) is 5.69 Å². The van der Waals surface area contributed by atoms with Crippen molar-refractivity contribution in [2.75, 3.05) is 24.9 Å². The lowest BCUT2D eigenvalue weighted by atomic mass is 10.1. The number of nitriles is 1. The predicted octanol–water partition coefficient (Wildman–Crippen LogP) is 3.63. The molecule has 0 fully saturated rings. The second-order valence-electron chi connectivity index (χ2n) is 5.97. The Bertz CT molecular complexity index is 1070. The standard InChI is InChI=1S/C21H18IN3O5/c1-12-8-15(22)5-7-17(12)25-19(26)14(10-23)11-24-18-9-13(20(27)29-2)4-6-16(18)21(28)30-3/h4-9,11,24H,1-3H3,(H,25,26)/b14-11-. The van der Waals surface area contributed by atoms with E-state index in [9.17, 15) is 19.6 Å². The fourth-order valence-corrected chi connectivity index (χ4v) is 3.10. The number of anilines is 2. The van der Waals surface area contributed by atoms with E-state index >= 15 is 0 Å². The van der Waals surface area contributed by atoms with Crippen molar-refractivity contribution in [3.8, 4) is 6.07 Å². The number of rotatable bonds is 6. The van der Waals surface area contributed by atoms with Gasteiger partial charge in [0.05, 0.1) is 31.0 Å². The minimum absolute atomic E-state index is 0.118. The number of aryl methyl sites for hydroxylation is 1. The Morgan fingerprint density at radius 2 is 1.73 bits per heavy atom. The van der Waals surface area contributed by atoms with Crippen LogP contribution in [0.15, 0.2) is 48.2 Å². The summed E-state index contributed by atoms with van der Waals surface area (Å²) >= 11 is 2.16. The molecule has 8 nitrogen and oxygen atoms in total. The summed E-state index contributed by atoms with van der Waals surface area (Å²) < 4.78 is 10.4. The van der Waals surface area contributed by atoms with Crippen LogP contribution in [0.3, 0.4) is 0 Å². The summed E-state index contributed by atoms with van der Waals surface area (Å²) in [5.74, 6) is -1.89. The van der Waals surface area contributed by atoms with E-state index in [4.69, 9.17) is 4.74 Å². The second-order valence-corrected chi connectivity index (χ2v) is 7.22. The third-order valence-corrected chi connectivity index (χ3v) is 4.69. The van der Waals surface area contributed by atoms with E-state index in [2.05, 4.69) is 38.0 Å². The molecule has 0 unspecified atom stereocenters. The Balaban J connectivity index is 2.32. The van der Waals surface area contributed by atoms with Gasteiger partial charge in [-0.15, -0.1) is 0 Å². The highest BCUT2D eigenvalue weighted by atomic mass is 127. The van der Waals surface area contributed by atoms with Crippen LogP contribution in [0, 0.1) is 21.8 Å². The predicted molar refractivity (Wildman–Crippen MR) is 119 cm³/mol. The van der Waals surface area contributed by atoms with Gasteiger partial charge in [0.25, 0.3) is 5.91 Å². The molecule has 154 valence electrons. The Kier molecular flexibility index (Phi) is 7.94. The molecule has 0 aliphatic rings. The van der Waals surface area contributed by atoms with Gasteiger partial charge in [0.1, 0.15) is 11.6 Å². The summed E-state index contributed by atoms with van der Waals surface area (Å²) in [6, 6.07) is 11.4. The quantitative estimate of drug-likeness (QED) is 0.259. The van der Waals surface area contributed by atoms with Crippen LogP contribution in [0.5, 0.6) is 0 Å². The topological polar surface area (TPSA) is 118 Å². The number of ether oxygens (including phenoxy) is 2. The highest BCUT2D eigenvalue weighted by Gasteiger charge is 2.16. The van der Waals surface area contributed by atoms with E-state index in [1.165, 1.54) is 32.4 Å². The highest BCUT2D eigenvalue weighted by molar-refractivity contribution is 14.1. The van der Waals surface area contributed by atoms with Gasteiger partial charge in [-0.2, -0.15) is 5.26 Å². The molecule has 0 aliphatic heterocycles. The molecule has 9 heteroatoms. The van der Waals surface area contributed by atoms with Crippen molar-refractivity contribution in [2.24, 2.45) is 0 Å². The largest absolute Gasteiger partial charge is 0.465 e. The van der Waals surface area contributed by atoms with Crippen molar-refractivity contribution in [2.45, 2.75) is 6.92 Å². The van der Waals surface area contributed by atoms with Crippen LogP contribution in [0.2, 0.25) is 0 Å². The van der Waals surface area contributed by atoms with E-state index in [-0.39, 0.29) is 22.4 Å². The van der Waals surface area contributed by atoms with Crippen molar-refractivity contribution in [3.63, 3.8) is 0 Å². The van der Waals surface area contributed by atoms with Crippen molar-refractivity contribution >= 4 is 51.8 Å². The van der Waals surface area contributed by atoms with Gasteiger partial charge < -0.3 is 20.1 Å². The first kappa shape index (κ1) is 22.9. The number of nitrogens with one attached hydrogen (secondary N) is 2. The first-order chi connectivity index (χ1) is 14.3. The molecule has 0 saturated carbocycles. The average molecular weight is 519 g/mol. The number of esters is 2. The van der Waals surface area contributed by atoms with Crippen molar-refractivity contribution in [3.05, 3.63) is 68.4 Å². The molecule has 2 aromatic carbocycles. The Hall–Kier alpha value is -3.39. The smallest absolute Gasteiger partial charge is 0.339 e. The van der Waals surface area contributed by atoms with Gasteiger partial charge in [-0.3, -0.25) is 4.79 Å². The Labute approximate surface area is 187 Å². The SMILES string of the molecule is COC(=O)c1ccc(C(=O)OC)c(N/C=C(/C#N)C(=O)Nc2ccc(I)cc2C)c1. The molecule has 0 saturated heterocycles. The number of hydrogen-bond acceptors (Lipinski definition) is 7. The number of amides is 1. The van der Waals surface area contributed by atoms with Crippen LogP contribution < -0.4 is 10.6 Å². The molecule has 2 aromatic rings. The van der Waals surface area contributed by atoms with Crippen LogP contribution in [0.1, 0.15) is 26.3 Å². The maximum atomic E-state index is 12.5. The van der Waals surface area contributed by atoms with Crippen LogP contribution in [0.4, 0.5) is 11.4 Å². The van der Waals surface area contributed by atoms with Crippen molar-refractivity contribution < 1.29 is 23.9 Å². The zero-order valence-corrected chi connectivity index (χ0v) is 18.6. The van der Waals surface area contributed by atoms with Crippen LogP contribution in [-0.2, 0) is 14.3 Å². The molecule has 0 bridgehead atoms. The van der Waals surface area contributed by atoms with Crippen molar-refractivity contribution in [1.29, 1.82) is 5.26 Å². The lowest BCUT2D eigenvalue weighted by Crippen LogP contribution is -2.16. The van der Waals surface area contributed by atoms with Crippen molar-refractivity contribution in [1.82, 2.24) is 0 Å². The number of methoxy groups -OCH3 is 2. The number of halogens is 1. The van der Waals surface area contributed by atoms with Crippen LogP contribution in [0.25, 0.3) is 0 Å². The fourth-order valence-electron chi connectivity index (χ4n) is 2.45. The third kappa shape index (κ3) is 5.57. The molecule has 0 aromatic heterocycles. The van der Waals surface area contributed by atoms with E-state index in [1.54, 1.807) is 6.07 Å². The summed E-state index contributed by atoms with van der Waals surface area (Å²) in [6.45, 7) is 1.84. The summed E-state index contributed by atoms with van der Waals surface area (Å²) in [5, 5.41) is 14.8. The molecule has 0 heterocycles. The molecule has 0 aliphatic carbocycles. The third-order valence-electron chi connectivity index (χ3n) is 4.02. The summed E-state index contributed by atoms with van der Waals surface area (Å²) in [5.41, 5.74) is 1.66. The number of benzene rings is 2. The van der Waals surface area contributed by atoms with Gasteiger partial charge in [0.15, 0.2) is 0 Å². The summed E-state index contributed by atoms with van der Waals surface area (Å²) in [6.07, 6.45) is 1.15. The first-order valence-corrected chi connectivity index (χ1v) is 9.63. The molecule has 2 N–H and O–H groups in total. The summed E-state index contributed by atoms with van der Waals surface area (Å²) in [7, 11) is 2.45. The lowest BCUT2D eigenvalue weighted by molar-refractivity contribution is -0.112. The highest BCUT2D eigenvalue weighted by Crippen LogP contribution is 2.21. The van der Waals surface area contributed by atoms with E-state index in [1.807, 2.05) is 25.1 Å². The van der Waals surface area contributed by atoms with Crippen LogP contribution in [-0.4, -0.2) is 32.1 Å². The van der Waals surface area contributed by atoms with Gasteiger partial charge in [0, 0.05) is 15.5 Å². The van der Waals surface area contributed by atoms with Gasteiger partial charge in [0.2, 0.25) is 0 Å². The number of hydrogen-bond donors (Lipinski definition) is 2. The molecule has 2 rings (SSSR count). The second kappa shape index (κ2) is 10.4. The number of carbonyl (C=O) groups is 3. The van der Waals surface area contributed by atoms with Gasteiger partial charge in [-0.25, -0.2) is 9.59 Å². The zero-order valence-electron chi connectivity index (χ0n) is 16.4. The van der Waals surface area contributed by atoms with Crippen LogP contribution >= 0.6 is 22.6 Å². The number of nitrogens with zero attached hydrogens (tertiary/aromatic N) is 1. The lowest BCUT2D eigenvalue weighted by Gasteiger charge is -2.11. The van der Waals surface area contributed by atoms with E-state index in [0.717, 1.165) is 15.3 Å².